The summed E-state index contributed by atoms with van der Waals surface area (Å²) in [5.41, 5.74) is 0.0769. The molecule has 0 spiro atoms. The van der Waals surface area contributed by atoms with Crippen molar-refractivity contribution in [1.82, 2.24) is 10.6 Å². The van der Waals surface area contributed by atoms with Crippen LogP contribution in [0.3, 0.4) is 0 Å². The molecule has 8 heteroatoms. The highest BCUT2D eigenvalue weighted by Gasteiger charge is 2.30. The van der Waals surface area contributed by atoms with Gasteiger partial charge in [-0.3, -0.25) is 4.99 Å². The zero-order valence-corrected chi connectivity index (χ0v) is 17.3. The Bertz CT molecular complexity index is 538. The molecule has 2 unspecified atom stereocenters. The largest absolute Gasteiger partial charge is 0.416 e. The van der Waals surface area contributed by atoms with Crippen LogP contribution in [0.2, 0.25) is 0 Å². The highest BCUT2D eigenvalue weighted by Crippen LogP contribution is 2.31. The maximum Gasteiger partial charge on any atom is 0.416 e. The van der Waals surface area contributed by atoms with Crippen molar-refractivity contribution in [3.63, 3.8) is 0 Å². The maximum atomic E-state index is 12.8. The standard InChI is InChI=1S/C17H26F3N3O.HI/c1-12(14-6-5-7-15(10-14)17(18,19)20)8-9-22-16(21-3)23-13(2)11-24-4;/h5-7,10,12-13H,8-9,11H2,1-4H3,(H2,21,22,23);1H. The SMILES string of the molecule is CN=C(NCCC(C)c1cccc(C(F)(F)F)c1)NC(C)COC.I. The van der Waals surface area contributed by atoms with Gasteiger partial charge in [-0.1, -0.05) is 25.1 Å². The first-order chi connectivity index (χ1) is 11.3. The van der Waals surface area contributed by atoms with E-state index in [4.69, 9.17) is 4.74 Å². The fraction of sp³-hybridized carbons (Fsp3) is 0.588. The predicted octanol–water partition coefficient (Wildman–Crippen LogP) is 4.02. The van der Waals surface area contributed by atoms with E-state index >= 15 is 0 Å². The molecule has 0 fully saturated rings. The average Bonchev–Trinajstić information content (AvgIpc) is 2.53. The Morgan fingerprint density at radius 3 is 2.52 bits per heavy atom. The van der Waals surface area contributed by atoms with Gasteiger partial charge in [0, 0.05) is 26.7 Å². The molecule has 0 bridgehead atoms. The zero-order valence-electron chi connectivity index (χ0n) is 15.0. The molecule has 1 rings (SSSR count). The van der Waals surface area contributed by atoms with Crippen molar-refractivity contribution in [3.8, 4) is 0 Å². The summed E-state index contributed by atoms with van der Waals surface area (Å²) in [5.74, 6) is 0.657. The first-order valence-corrected chi connectivity index (χ1v) is 7.91. The van der Waals surface area contributed by atoms with Crippen molar-refractivity contribution in [2.75, 3.05) is 27.3 Å². The molecule has 0 aliphatic rings. The predicted molar refractivity (Wildman–Crippen MR) is 106 cm³/mol. The number of ether oxygens (including phenoxy) is 1. The van der Waals surface area contributed by atoms with Gasteiger partial charge in [-0.05, 0) is 30.9 Å². The fourth-order valence-corrected chi connectivity index (χ4v) is 2.31. The second kappa shape index (κ2) is 11.6. The van der Waals surface area contributed by atoms with Crippen molar-refractivity contribution in [1.29, 1.82) is 0 Å². The van der Waals surface area contributed by atoms with Gasteiger partial charge >= 0.3 is 6.18 Å². The van der Waals surface area contributed by atoms with Crippen LogP contribution in [-0.2, 0) is 10.9 Å². The van der Waals surface area contributed by atoms with E-state index in [0.717, 1.165) is 6.07 Å². The molecule has 25 heavy (non-hydrogen) atoms. The van der Waals surface area contributed by atoms with E-state index in [-0.39, 0.29) is 35.9 Å². The number of alkyl halides is 3. The summed E-state index contributed by atoms with van der Waals surface area (Å²) in [4.78, 5) is 4.12. The van der Waals surface area contributed by atoms with Crippen LogP contribution in [0.25, 0.3) is 0 Å². The molecule has 2 atom stereocenters. The molecule has 144 valence electrons. The molecule has 4 nitrogen and oxygen atoms in total. The number of guanidine groups is 1. The van der Waals surface area contributed by atoms with Crippen molar-refractivity contribution in [3.05, 3.63) is 35.4 Å². The highest BCUT2D eigenvalue weighted by molar-refractivity contribution is 14.0. The molecule has 0 aliphatic heterocycles. The molecule has 0 heterocycles. The van der Waals surface area contributed by atoms with Gasteiger partial charge in [0.1, 0.15) is 0 Å². The van der Waals surface area contributed by atoms with E-state index in [1.54, 1.807) is 20.2 Å². The van der Waals surface area contributed by atoms with Crippen LogP contribution < -0.4 is 10.6 Å². The van der Waals surface area contributed by atoms with Crippen LogP contribution in [0.1, 0.15) is 37.3 Å². The van der Waals surface area contributed by atoms with Crippen LogP contribution in [0.15, 0.2) is 29.3 Å². The Morgan fingerprint density at radius 1 is 1.28 bits per heavy atom. The Balaban J connectivity index is 0.00000576. The number of halogens is 4. The third-order valence-electron chi connectivity index (χ3n) is 3.68. The van der Waals surface area contributed by atoms with E-state index in [0.29, 0.717) is 31.1 Å². The van der Waals surface area contributed by atoms with Crippen LogP contribution in [-0.4, -0.2) is 39.3 Å². The average molecular weight is 473 g/mol. The van der Waals surface area contributed by atoms with E-state index in [2.05, 4.69) is 15.6 Å². The third-order valence-corrected chi connectivity index (χ3v) is 3.68. The maximum absolute atomic E-state index is 12.8. The second-order valence-electron chi connectivity index (χ2n) is 5.81. The first-order valence-electron chi connectivity index (χ1n) is 7.91. The lowest BCUT2D eigenvalue weighted by molar-refractivity contribution is -0.137. The van der Waals surface area contributed by atoms with Gasteiger partial charge < -0.3 is 15.4 Å². The third kappa shape index (κ3) is 8.75. The van der Waals surface area contributed by atoms with Crippen LogP contribution >= 0.6 is 24.0 Å². The summed E-state index contributed by atoms with van der Waals surface area (Å²) >= 11 is 0. The summed E-state index contributed by atoms with van der Waals surface area (Å²) in [6.45, 7) is 5.06. The summed E-state index contributed by atoms with van der Waals surface area (Å²) < 4.78 is 43.4. The Morgan fingerprint density at radius 2 is 1.96 bits per heavy atom. The fourth-order valence-electron chi connectivity index (χ4n) is 2.31. The van der Waals surface area contributed by atoms with Gasteiger partial charge in [-0.2, -0.15) is 13.2 Å². The molecular weight excluding hydrogens is 446 g/mol. The molecule has 0 radical (unpaired) electrons. The molecule has 0 aliphatic carbocycles. The van der Waals surface area contributed by atoms with E-state index < -0.39 is 11.7 Å². The number of benzene rings is 1. The molecule has 0 saturated heterocycles. The van der Waals surface area contributed by atoms with E-state index in [1.165, 1.54) is 12.1 Å². The minimum Gasteiger partial charge on any atom is -0.383 e. The molecular formula is C17H27F3IN3O. The zero-order chi connectivity index (χ0) is 18.2. The summed E-state index contributed by atoms with van der Waals surface area (Å²) in [5, 5.41) is 6.34. The van der Waals surface area contributed by atoms with E-state index in [1.807, 2.05) is 13.8 Å². The topological polar surface area (TPSA) is 45.7 Å². The first kappa shape index (κ1) is 24.0. The second-order valence-corrected chi connectivity index (χ2v) is 5.81. The summed E-state index contributed by atoms with van der Waals surface area (Å²) in [7, 11) is 3.30. The molecule has 2 N–H and O–H groups in total. The van der Waals surface area contributed by atoms with E-state index in [9.17, 15) is 13.2 Å². The molecule has 1 aromatic carbocycles. The normalized spacial score (nSPS) is 14.4. The molecule has 1 aromatic rings. The van der Waals surface area contributed by atoms with Gasteiger partial charge in [-0.25, -0.2) is 0 Å². The number of nitrogens with one attached hydrogen (secondary N) is 2. The number of aliphatic imine (C=N–C) groups is 1. The Kier molecular flexibility index (Phi) is 11.1. The molecule has 0 aromatic heterocycles. The quantitative estimate of drug-likeness (QED) is 0.358. The van der Waals surface area contributed by atoms with Crippen LogP contribution in [0.5, 0.6) is 0 Å². The van der Waals surface area contributed by atoms with Crippen molar-refractivity contribution < 1.29 is 17.9 Å². The van der Waals surface area contributed by atoms with Gasteiger partial charge in [-0.15, -0.1) is 24.0 Å². The summed E-state index contributed by atoms with van der Waals surface area (Å²) in [6.07, 6.45) is -3.61. The van der Waals surface area contributed by atoms with Crippen LogP contribution in [0.4, 0.5) is 13.2 Å². The smallest absolute Gasteiger partial charge is 0.383 e. The monoisotopic (exact) mass is 473 g/mol. The number of rotatable bonds is 7. The lowest BCUT2D eigenvalue weighted by Gasteiger charge is -2.19. The lowest BCUT2D eigenvalue weighted by Crippen LogP contribution is -2.44. The van der Waals surface area contributed by atoms with Crippen LogP contribution in [0, 0.1) is 0 Å². The van der Waals surface area contributed by atoms with Gasteiger partial charge in [0.05, 0.1) is 12.2 Å². The molecule has 0 amide bonds. The number of nitrogens with zero attached hydrogens (tertiary/aromatic N) is 1. The van der Waals surface area contributed by atoms with Crippen molar-refractivity contribution in [2.24, 2.45) is 4.99 Å². The summed E-state index contributed by atoms with van der Waals surface area (Å²) in [6, 6.07) is 5.61. The number of methoxy groups -OCH3 is 1. The Hall–Kier alpha value is -1.03. The minimum absolute atomic E-state index is 0. The lowest BCUT2D eigenvalue weighted by atomic mass is 9.96. The number of hydrogen-bond donors (Lipinski definition) is 2. The van der Waals surface area contributed by atoms with Crippen molar-refractivity contribution in [2.45, 2.75) is 38.4 Å². The van der Waals surface area contributed by atoms with Gasteiger partial charge in [0.15, 0.2) is 5.96 Å². The number of hydrogen-bond acceptors (Lipinski definition) is 2. The molecule has 0 saturated carbocycles. The minimum atomic E-state index is -4.31. The van der Waals surface area contributed by atoms with Gasteiger partial charge in [0.2, 0.25) is 0 Å². The highest BCUT2D eigenvalue weighted by atomic mass is 127. The Labute approximate surface area is 164 Å². The van der Waals surface area contributed by atoms with Gasteiger partial charge in [0.25, 0.3) is 0 Å². The van der Waals surface area contributed by atoms with Crippen molar-refractivity contribution >= 4 is 29.9 Å².